The van der Waals surface area contributed by atoms with Gasteiger partial charge in [0.25, 0.3) is 5.91 Å². The first kappa shape index (κ1) is 19.8. The molecule has 1 aliphatic rings. The average Bonchev–Trinajstić information content (AvgIpc) is 3.09. The molecule has 0 bridgehead atoms. The fourth-order valence-corrected chi connectivity index (χ4v) is 5.85. The van der Waals surface area contributed by atoms with E-state index >= 15 is 0 Å². The van der Waals surface area contributed by atoms with Crippen LogP contribution >= 0.6 is 11.3 Å². The first-order chi connectivity index (χ1) is 12.8. The van der Waals surface area contributed by atoms with Crippen LogP contribution in [0.15, 0.2) is 18.2 Å². The minimum absolute atomic E-state index is 0.0921. The monoisotopic (exact) mass is 409 g/mol. The van der Waals surface area contributed by atoms with E-state index in [9.17, 15) is 18.0 Å². The number of nitrogens with one attached hydrogen (secondary N) is 1. The number of benzene rings is 1. The van der Waals surface area contributed by atoms with E-state index < -0.39 is 26.7 Å². The van der Waals surface area contributed by atoms with E-state index in [-0.39, 0.29) is 5.91 Å². The minimum Gasteiger partial charge on any atom is -0.358 e. The lowest BCUT2D eigenvalue weighted by Crippen LogP contribution is -2.44. The number of fused-ring (bicyclic) bond motifs is 1. The molecule has 2 aromatic rings. The Labute approximate surface area is 162 Å². The maximum absolute atomic E-state index is 12.8. The molecule has 1 aromatic carbocycles. The number of sulfone groups is 1. The summed E-state index contributed by atoms with van der Waals surface area (Å²) < 4.78 is 25.6. The van der Waals surface area contributed by atoms with Gasteiger partial charge in [0.1, 0.15) is 5.75 Å². The zero-order chi connectivity index (χ0) is 19.6. The van der Waals surface area contributed by atoms with Gasteiger partial charge in [-0.1, -0.05) is 6.92 Å². The molecule has 1 fully saturated rings. The van der Waals surface area contributed by atoms with E-state index in [2.05, 4.69) is 10.3 Å². The third-order valence-electron chi connectivity index (χ3n) is 4.83. The van der Waals surface area contributed by atoms with Crippen molar-refractivity contribution in [3.8, 4) is 0 Å². The lowest BCUT2D eigenvalue weighted by molar-refractivity contribution is -0.118. The van der Waals surface area contributed by atoms with Gasteiger partial charge in [-0.15, -0.1) is 11.3 Å². The van der Waals surface area contributed by atoms with Crippen LogP contribution in [0.3, 0.4) is 0 Å². The molecule has 146 valence electrons. The summed E-state index contributed by atoms with van der Waals surface area (Å²) in [6, 6.07) is 5.50. The number of thiazole rings is 1. The van der Waals surface area contributed by atoms with Gasteiger partial charge in [-0.2, -0.15) is 0 Å². The molecule has 3 rings (SSSR count). The van der Waals surface area contributed by atoms with Crippen molar-refractivity contribution in [3.05, 3.63) is 28.8 Å². The van der Waals surface area contributed by atoms with E-state index in [1.54, 1.807) is 22.3 Å². The van der Waals surface area contributed by atoms with Gasteiger partial charge in [-0.25, -0.2) is 13.4 Å². The standard InChI is InChI=1S/C18H23N3O4S2/c1-3-17-20-14-5-4-12(10-15(14)26-17)18(23)21-8-6-13(7-9-21)27(24,25)11-16(22)19-2/h4-5,10,13H,3,6-9,11H2,1-2H3,(H,19,22). The molecule has 1 aromatic heterocycles. The zero-order valence-corrected chi connectivity index (χ0v) is 17.0. The average molecular weight is 410 g/mol. The second-order valence-corrected chi connectivity index (χ2v) is 10.0. The number of carbonyl (C=O) groups excluding carboxylic acids is 2. The van der Waals surface area contributed by atoms with Gasteiger partial charge in [0, 0.05) is 25.7 Å². The van der Waals surface area contributed by atoms with Crippen LogP contribution in [0, 0.1) is 0 Å². The molecule has 1 aliphatic heterocycles. The Morgan fingerprint density at radius 1 is 1.30 bits per heavy atom. The van der Waals surface area contributed by atoms with Crippen molar-refractivity contribution in [1.82, 2.24) is 15.2 Å². The largest absolute Gasteiger partial charge is 0.358 e. The Kier molecular flexibility index (Phi) is 5.81. The summed E-state index contributed by atoms with van der Waals surface area (Å²) in [5, 5.41) is 2.81. The molecule has 0 atom stereocenters. The first-order valence-corrected chi connectivity index (χ1v) is 11.5. The predicted molar refractivity (Wildman–Crippen MR) is 106 cm³/mol. The van der Waals surface area contributed by atoms with Crippen LogP contribution in [0.25, 0.3) is 10.2 Å². The van der Waals surface area contributed by atoms with Crippen LogP contribution in [0.5, 0.6) is 0 Å². The Balaban J connectivity index is 1.67. The Bertz CT molecular complexity index is 960. The molecular weight excluding hydrogens is 386 g/mol. The van der Waals surface area contributed by atoms with Crippen molar-refractivity contribution in [2.24, 2.45) is 0 Å². The molecule has 1 saturated heterocycles. The van der Waals surface area contributed by atoms with Gasteiger partial charge in [0.05, 0.1) is 20.5 Å². The fraction of sp³-hybridized carbons (Fsp3) is 0.500. The number of rotatable bonds is 5. The molecule has 2 heterocycles. The van der Waals surface area contributed by atoms with E-state index in [4.69, 9.17) is 0 Å². The molecule has 0 unspecified atom stereocenters. The number of hydrogen-bond acceptors (Lipinski definition) is 6. The molecule has 0 saturated carbocycles. The smallest absolute Gasteiger partial charge is 0.253 e. The van der Waals surface area contributed by atoms with Crippen molar-refractivity contribution in [2.75, 3.05) is 25.9 Å². The number of nitrogens with zero attached hydrogens (tertiary/aromatic N) is 2. The Morgan fingerprint density at radius 2 is 2.00 bits per heavy atom. The maximum atomic E-state index is 12.8. The molecular formula is C18H23N3O4S2. The molecule has 27 heavy (non-hydrogen) atoms. The highest BCUT2D eigenvalue weighted by molar-refractivity contribution is 7.92. The van der Waals surface area contributed by atoms with E-state index in [0.29, 0.717) is 31.5 Å². The van der Waals surface area contributed by atoms with Gasteiger partial charge in [0.15, 0.2) is 9.84 Å². The van der Waals surface area contributed by atoms with Crippen molar-refractivity contribution in [1.29, 1.82) is 0 Å². The highest BCUT2D eigenvalue weighted by atomic mass is 32.2. The molecule has 9 heteroatoms. The summed E-state index contributed by atoms with van der Waals surface area (Å²) >= 11 is 1.59. The number of piperidine rings is 1. The number of aromatic nitrogens is 1. The second kappa shape index (κ2) is 7.93. The normalized spacial score (nSPS) is 15.9. The molecule has 1 N–H and O–H groups in total. The van der Waals surface area contributed by atoms with E-state index in [1.807, 2.05) is 19.1 Å². The van der Waals surface area contributed by atoms with Crippen molar-refractivity contribution in [3.63, 3.8) is 0 Å². The predicted octanol–water partition coefficient (Wildman–Crippen LogP) is 1.62. The van der Waals surface area contributed by atoms with Gasteiger partial charge in [0.2, 0.25) is 5.91 Å². The number of likely N-dealkylation sites (tertiary alicyclic amines) is 1. The summed E-state index contributed by atoms with van der Waals surface area (Å²) in [5.74, 6) is -1.09. The van der Waals surface area contributed by atoms with E-state index in [1.165, 1.54) is 7.05 Å². The third-order valence-corrected chi connectivity index (χ3v) is 8.14. The number of hydrogen-bond donors (Lipinski definition) is 1. The SMILES string of the molecule is CCc1nc2ccc(C(=O)N3CCC(S(=O)(=O)CC(=O)NC)CC3)cc2s1. The molecule has 0 spiro atoms. The lowest BCUT2D eigenvalue weighted by atomic mass is 10.1. The maximum Gasteiger partial charge on any atom is 0.253 e. The molecule has 2 amide bonds. The van der Waals surface area contributed by atoms with Gasteiger partial charge in [-0.3, -0.25) is 9.59 Å². The van der Waals surface area contributed by atoms with Crippen molar-refractivity contribution in [2.45, 2.75) is 31.4 Å². The van der Waals surface area contributed by atoms with Gasteiger partial charge >= 0.3 is 0 Å². The molecule has 7 nitrogen and oxygen atoms in total. The summed E-state index contributed by atoms with van der Waals surface area (Å²) in [6.07, 6.45) is 1.57. The minimum atomic E-state index is -3.49. The summed E-state index contributed by atoms with van der Waals surface area (Å²) in [4.78, 5) is 30.4. The highest BCUT2D eigenvalue weighted by Gasteiger charge is 2.33. The topological polar surface area (TPSA) is 96.4 Å². The number of carbonyl (C=O) groups is 2. The Morgan fingerprint density at radius 3 is 2.63 bits per heavy atom. The summed E-state index contributed by atoms with van der Waals surface area (Å²) in [5.41, 5.74) is 1.49. The van der Waals surface area contributed by atoms with Crippen LogP contribution in [0.2, 0.25) is 0 Å². The fourth-order valence-electron chi connectivity index (χ4n) is 3.23. The summed E-state index contributed by atoms with van der Waals surface area (Å²) in [6.45, 7) is 2.79. The van der Waals surface area contributed by atoms with Crippen LogP contribution in [0.1, 0.15) is 35.1 Å². The van der Waals surface area contributed by atoms with Gasteiger partial charge in [-0.05, 0) is 37.5 Å². The van der Waals surface area contributed by atoms with Crippen molar-refractivity contribution >= 4 is 43.2 Å². The van der Waals surface area contributed by atoms with Gasteiger partial charge < -0.3 is 10.2 Å². The first-order valence-electron chi connectivity index (χ1n) is 8.95. The summed E-state index contributed by atoms with van der Waals surface area (Å²) in [7, 11) is -2.07. The second-order valence-electron chi connectivity index (χ2n) is 6.62. The van der Waals surface area contributed by atoms with Crippen LogP contribution in [-0.2, 0) is 21.1 Å². The number of aryl methyl sites for hydroxylation is 1. The lowest BCUT2D eigenvalue weighted by Gasteiger charge is -2.31. The Hall–Kier alpha value is -2.00. The highest BCUT2D eigenvalue weighted by Crippen LogP contribution is 2.25. The van der Waals surface area contributed by atoms with Crippen LogP contribution in [-0.4, -0.2) is 61.3 Å². The molecule has 0 radical (unpaired) electrons. The van der Waals surface area contributed by atoms with E-state index in [0.717, 1.165) is 21.6 Å². The zero-order valence-electron chi connectivity index (χ0n) is 15.4. The van der Waals surface area contributed by atoms with Crippen molar-refractivity contribution < 1.29 is 18.0 Å². The van der Waals surface area contributed by atoms with Crippen LogP contribution < -0.4 is 5.32 Å². The molecule has 0 aliphatic carbocycles. The third kappa shape index (κ3) is 4.30. The van der Waals surface area contributed by atoms with Crippen LogP contribution in [0.4, 0.5) is 0 Å². The number of amides is 2. The quantitative estimate of drug-likeness (QED) is 0.810.